The highest BCUT2D eigenvalue weighted by Crippen LogP contribution is 2.42. The first-order valence-electron chi connectivity index (χ1n) is 9.89. The van der Waals surface area contributed by atoms with Crippen molar-refractivity contribution in [2.24, 2.45) is 0 Å². The molecule has 0 atom stereocenters. The van der Waals surface area contributed by atoms with Crippen LogP contribution in [0.5, 0.6) is 0 Å². The minimum Gasteiger partial charge on any atom is -0.370 e. The highest BCUT2D eigenvalue weighted by molar-refractivity contribution is 7.26. The Hall–Kier alpha value is -1.79. The van der Waals surface area contributed by atoms with Gasteiger partial charge in [0, 0.05) is 36.2 Å². The first-order chi connectivity index (χ1) is 12.9. The van der Waals surface area contributed by atoms with Crippen molar-refractivity contribution in [3.63, 3.8) is 0 Å². The number of rotatable bonds is 5. The van der Waals surface area contributed by atoms with Crippen LogP contribution < -0.4 is 4.90 Å². The Balaban J connectivity index is 1.98. The van der Waals surface area contributed by atoms with E-state index < -0.39 is 0 Å². The van der Waals surface area contributed by atoms with Gasteiger partial charge in [0.15, 0.2) is 0 Å². The van der Waals surface area contributed by atoms with Gasteiger partial charge in [-0.15, -0.1) is 11.3 Å². The van der Waals surface area contributed by atoms with E-state index in [9.17, 15) is 0 Å². The minimum absolute atomic E-state index is 0.158. The largest absolute Gasteiger partial charge is 0.370 e. The van der Waals surface area contributed by atoms with E-state index in [-0.39, 0.29) is 5.60 Å². The molecule has 1 aliphatic heterocycles. The molecule has 3 aromatic rings. The smallest absolute Gasteiger partial charge is 0.150 e. The van der Waals surface area contributed by atoms with Gasteiger partial charge in [0.1, 0.15) is 17.0 Å². The van der Waals surface area contributed by atoms with Crippen LogP contribution in [-0.4, -0.2) is 33.6 Å². The average Bonchev–Trinajstić information content (AvgIpc) is 2.99. The molecule has 6 heteroatoms. The monoisotopic (exact) mass is 384 g/mol. The van der Waals surface area contributed by atoms with Gasteiger partial charge in [0.25, 0.3) is 0 Å². The molecule has 0 amide bonds. The van der Waals surface area contributed by atoms with Crippen LogP contribution in [0.3, 0.4) is 0 Å². The fourth-order valence-corrected chi connectivity index (χ4v) is 5.27. The second-order valence-corrected chi connectivity index (χ2v) is 9.02. The molecule has 0 fully saturated rings. The van der Waals surface area contributed by atoms with Gasteiger partial charge >= 0.3 is 0 Å². The van der Waals surface area contributed by atoms with Crippen molar-refractivity contribution in [1.29, 1.82) is 0 Å². The first kappa shape index (κ1) is 18.6. The van der Waals surface area contributed by atoms with Gasteiger partial charge in [-0.1, -0.05) is 13.8 Å². The summed E-state index contributed by atoms with van der Waals surface area (Å²) < 4.78 is 7.22. The molecule has 0 aliphatic carbocycles. The van der Waals surface area contributed by atoms with Crippen molar-refractivity contribution in [2.45, 2.75) is 66.1 Å². The summed E-state index contributed by atoms with van der Waals surface area (Å²) in [6, 6.07) is 0. The van der Waals surface area contributed by atoms with E-state index in [4.69, 9.17) is 14.7 Å². The van der Waals surface area contributed by atoms with E-state index in [1.165, 1.54) is 21.2 Å². The van der Waals surface area contributed by atoms with Crippen molar-refractivity contribution in [3.8, 4) is 0 Å². The first-order valence-corrected chi connectivity index (χ1v) is 10.7. The Kier molecular flexibility index (Phi) is 4.80. The molecule has 0 spiro atoms. The van der Waals surface area contributed by atoms with E-state index in [2.05, 4.69) is 44.5 Å². The number of thiophene rings is 1. The number of nitrogens with zero attached hydrogens (tertiary/aromatic N) is 4. The maximum Gasteiger partial charge on any atom is 0.150 e. The molecule has 0 aromatic carbocycles. The number of pyridine rings is 1. The molecule has 144 valence electrons. The third-order valence-electron chi connectivity index (χ3n) is 5.30. The van der Waals surface area contributed by atoms with Crippen LogP contribution in [0.4, 0.5) is 5.82 Å². The molecule has 1 aliphatic rings. The molecule has 0 N–H and O–H groups in total. The number of aromatic nitrogens is 3. The lowest BCUT2D eigenvalue weighted by atomic mass is 9.89. The van der Waals surface area contributed by atoms with Gasteiger partial charge in [0.05, 0.1) is 22.4 Å². The molecule has 0 radical (unpaired) electrons. The Morgan fingerprint density at radius 3 is 2.59 bits per heavy atom. The van der Waals surface area contributed by atoms with Crippen LogP contribution in [0.15, 0.2) is 6.33 Å². The van der Waals surface area contributed by atoms with Gasteiger partial charge < -0.3 is 9.64 Å². The van der Waals surface area contributed by atoms with Gasteiger partial charge in [-0.3, -0.25) is 0 Å². The lowest BCUT2D eigenvalue weighted by molar-refractivity contribution is -0.0400. The van der Waals surface area contributed by atoms with Crippen LogP contribution in [0.2, 0.25) is 0 Å². The summed E-state index contributed by atoms with van der Waals surface area (Å²) in [5, 5.41) is 1.21. The highest BCUT2D eigenvalue weighted by Gasteiger charge is 2.31. The number of anilines is 1. The highest BCUT2D eigenvalue weighted by atomic mass is 32.1. The molecule has 27 heavy (non-hydrogen) atoms. The standard InChI is InChI=1S/C21H28N4OS/c1-6-8-25(9-7-2)19-18-17(22-12-23-19)16-14-10-21(4,5)26-11-15(14)13(3)24-20(16)27-18/h12H,6-11H2,1-5H3. The Bertz CT molecular complexity index is 989. The molecular formula is C21H28N4OS. The third-order valence-corrected chi connectivity index (χ3v) is 6.37. The summed E-state index contributed by atoms with van der Waals surface area (Å²) in [5.41, 5.74) is 4.57. The maximum absolute atomic E-state index is 6.06. The predicted molar refractivity (Wildman–Crippen MR) is 113 cm³/mol. The molecule has 5 nitrogen and oxygen atoms in total. The van der Waals surface area contributed by atoms with Gasteiger partial charge in [-0.25, -0.2) is 15.0 Å². The Labute approximate surface area is 164 Å². The van der Waals surface area contributed by atoms with Crippen molar-refractivity contribution in [2.75, 3.05) is 18.0 Å². The predicted octanol–water partition coefficient (Wildman–Crippen LogP) is 5.03. The molecule has 0 saturated carbocycles. The van der Waals surface area contributed by atoms with E-state index in [0.717, 1.165) is 54.2 Å². The SMILES string of the molecule is CCCN(CCC)c1ncnc2c1sc1nc(C)c3c(c12)CC(C)(C)OC3. The molecule has 0 bridgehead atoms. The fourth-order valence-electron chi connectivity index (χ4n) is 4.04. The van der Waals surface area contributed by atoms with E-state index in [1.807, 2.05) is 0 Å². The van der Waals surface area contributed by atoms with Crippen molar-refractivity contribution >= 4 is 37.6 Å². The summed E-state index contributed by atoms with van der Waals surface area (Å²) in [7, 11) is 0. The Morgan fingerprint density at radius 2 is 1.89 bits per heavy atom. The maximum atomic E-state index is 6.06. The second-order valence-electron chi connectivity index (χ2n) is 8.02. The van der Waals surface area contributed by atoms with Crippen LogP contribution >= 0.6 is 11.3 Å². The summed E-state index contributed by atoms with van der Waals surface area (Å²) in [6.07, 6.45) is 4.82. The zero-order chi connectivity index (χ0) is 19.2. The topological polar surface area (TPSA) is 51.1 Å². The molecule has 0 saturated heterocycles. The molecule has 4 rings (SSSR count). The van der Waals surface area contributed by atoms with Crippen molar-refractivity contribution in [3.05, 3.63) is 23.1 Å². The average molecular weight is 385 g/mol. The van der Waals surface area contributed by atoms with Crippen LogP contribution in [0.25, 0.3) is 20.4 Å². The van der Waals surface area contributed by atoms with Crippen molar-refractivity contribution < 1.29 is 4.74 Å². The Morgan fingerprint density at radius 1 is 1.15 bits per heavy atom. The summed E-state index contributed by atoms with van der Waals surface area (Å²) >= 11 is 1.74. The molecule has 0 unspecified atom stereocenters. The van der Waals surface area contributed by atoms with Crippen LogP contribution in [0.1, 0.15) is 57.4 Å². The third kappa shape index (κ3) is 3.19. The van der Waals surface area contributed by atoms with E-state index in [0.29, 0.717) is 6.61 Å². The number of hydrogen-bond acceptors (Lipinski definition) is 6. The lowest BCUT2D eigenvalue weighted by Gasteiger charge is -2.32. The number of ether oxygens (including phenoxy) is 1. The van der Waals surface area contributed by atoms with Crippen molar-refractivity contribution in [1.82, 2.24) is 15.0 Å². The lowest BCUT2D eigenvalue weighted by Crippen LogP contribution is -2.32. The van der Waals surface area contributed by atoms with Gasteiger partial charge in [0.2, 0.25) is 0 Å². The second kappa shape index (κ2) is 6.99. The number of fused-ring (bicyclic) bond motifs is 5. The summed E-state index contributed by atoms with van der Waals surface area (Å²) in [4.78, 5) is 17.8. The van der Waals surface area contributed by atoms with Crippen LogP contribution in [-0.2, 0) is 17.8 Å². The van der Waals surface area contributed by atoms with E-state index in [1.54, 1.807) is 17.7 Å². The zero-order valence-electron chi connectivity index (χ0n) is 16.9. The van der Waals surface area contributed by atoms with E-state index >= 15 is 0 Å². The summed E-state index contributed by atoms with van der Waals surface area (Å²) in [6.45, 7) is 13.5. The molecular weight excluding hydrogens is 356 g/mol. The van der Waals surface area contributed by atoms with Gasteiger partial charge in [-0.2, -0.15) is 0 Å². The van der Waals surface area contributed by atoms with Gasteiger partial charge in [-0.05, 0) is 39.2 Å². The minimum atomic E-state index is -0.158. The number of aryl methyl sites for hydroxylation is 1. The zero-order valence-corrected chi connectivity index (χ0v) is 17.7. The number of hydrogen-bond donors (Lipinski definition) is 0. The normalized spacial score (nSPS) is 16.0. The van der Waals surface area contributed by atoms with Crippen LogP contribution in [0, 0.1) is 6.92 Å². The molecule has 4 heterocycles. The quantitative estimate of drug-likeness (QED) is 0.618. The fraction of sp³-hybridized carbons (Fsp3) is 0.571. The summed E-state index contributed by atoms with van der Waals surface area (Å²) in [5.74, 6) is 1.06. The molecule has 3 aromatic heterocycles.